The molecule has 7 nitrogen and oxygen atoms in total. The van der Waals surface area contributed by atoms with E-state index in [1.54, 1.807) is 53.2 Å². The molecule has 3 aromatic rings. The monoisotopic (exact) mass is 395 g/mol. The SMILES string of the molecule is COc1ccc(-n2nc(C(=O)N3CCN(C)CC3)cc2-c2cccc(F)c2)cn1. The van der Waals surface area contributed by atoms with Gasteiger partial charge in [-0.05, 0) is 31.3 Å². The fourth-order valence-electron chi connectivity index (χ4n) is 3.33. The van der Waals surface area contributed by atoms with Crippen molar-refractivity contribution in [2.75, 3.05) is 40.3 Å². The Hall–Kier alpha value is -3.26. The van der Waals surface area contributed by atoms with Gasteiger partial charge in [-0.15, -0.1) is 0 Å². The fourth-order valence-corrected chi connectivity index (χ4v) is 3.33. The Balaban J connectivity index is 1.75. The summed E-state index contributed by atoms with van der Waals surface area (Å²) in [5, 5.41) is 4.54. The van der Waals surface area contributed by atoms with Crippen molar-refractivity contribution < 1.29 is 13.9 Å². The standard InChI is InChI=1S/C21H22FN5O2/c1-25-8-10-26(11-9-25)21(28)18-13-19(15-4-3-5-16(22)12-15)27(24-18)17-6-7-20(29-2)23-14-17/h3-7,12-14H,8-11H2,1-2H3. The molecule has 1 fully saturated rings. The zero-order chi connectivity index (χ0) is 20.4. The van der Waals surface area contributed by atoms with Crippen LogP contribution < -0.4 is 4.74 Å². The molecule has 150 valence electrons. The molecule has 0 bridgehead atoms. The number of methoxy groups -OCH3 is 1. The highest BCUT2D eigenvalue weighted by Gasteiger charge is 2.24. The molecule has 0 aliphatic carbocycles. The minimum Gasteiger partial charge on any atom is -0.481 e. The van der Waals surface area contributed by atoms with Gasteiger partial charge >= 0.3 is 0 Å². The van der Waals surface area contributed by atoms with Gasteiger partial charge in [-0.1, -0.05) is 12.1 Å². The lowest BCUT2D eigenvalue weighted by molar-refractivity contribution is 0.0657. The van der Waals surface area contributed by atoms with E-state index in [1.807, 2.05) is 7.05 Å². The zero-order valence-electron chi connectivity index (χ0n) is 16.4. The van der Waals surface area contributed by atoms with Crippen molar-refractivity contribution in [2.45, 2.75) is 0 Å². The number of aromatic nitrogens is 3. The van der Waals surface area contributed by atoms with Crippen LogP contribution in [0.4, 0.5) is 4.39 Å². The Kier molecular flexibility index (Phi) is 5.26. The van der Waals surface area contributed by atoms with E-state index >= 15 is 0 Å². The van der Waals surface area contributed by atoms with Crippen LogP contribution in [0.25, 0.3) is 16.9 Å². The third-order valence-electron chi connectivity index (χ3n) is 5.01. The lowest BCUT2D eigenvalue weighted by Crippen LogP contribution is -2.47. The number of hydrogen-bond donors (Lipinski definition) is 0. The van der Waals surface area contributed by atoms with Gasteiger partial charge in [-0.2, -0.15) is 5.10 Å². The normalized spacial score (nSPS) is 14.8. The van der Waals surface area contributed by atoms with Gasteiger partial charge in [0.1, 0.15) is 5.82 Å². The number of benzene rings is 1. The number of nitrogens with zero attached hydrogens (tertiary/aromatic N) is 5. The third-order valence-corrected chi connectivity index (χ3v) is 5.01. The van der Waals surface area contributed by atoms with Gasteiger partial charge in [-0.3, -0.25) is 4.79 Å². The Bertz CT molecular complexity index is 1010. The second-order valence-corrected chi connectivity index (χ2v) is 6.99. The van der Waals surface area contributed by atoms with E-state index in [0.717, 1.165) is 13.1 Å². The summed E-state index contributed by atoms with van der Waals surface area (Å²) in [6.45, 7) is 2.96. The first-order valence-corrected chi connectivity index (χ1v) is 9.39. The predicted octanol–water partition coefficient (Wildman–Crippen LogP) is 2.47. The first-order chi connectivity index (χ1) is 14.0. The topological polar surface area (TPSA) is 63.5 Å². The highest BCUT2D eigenvalue weighted by atomic mass is 19.1. The number of likely N-dealkylation sites (N-methyl/N-ethyl adjacent to an activating group) is 1. The van der Waals surface area contributed by atoms with Crippen LogP contribution in [0, 0.1) is 5.82 Å². The minimum atomic E-state index is -0.352. The van der Waals surface area contributed by atoms with Gasteiger partial charge in [0, 0.05) is 37.8 Å². The Morgan fingerprint density at radius 3 is 2.55 bits per heavy atom. The van der Waals surface area contributed by atoms with Crippen molar-refractivity contribution in [1.29, 1.82) is 0 Å². The summed E-state index contributed by atoms with van der Waals surface area (Å²) in [6, 6.07) is 11.5. The van der Waals surface area contributed by atoms with Gasteiger partial charge < -0.3 is 14.5 Å². The highest BCUT2D eigenvalue weighted by Crippen LogP contribution is 2.26. The molecule has 1 aromatic carbocycles. The average Bonchev–Trinajstić information content (AvgIpc) is 3.19. The largest absolute Gasteiger partial charge is 0.481 e. The summed E-state index contributed by atoms with van der Waals surface area (Å²) in [4.78, 5) is 21.2. The summed E-state index contributed by atoms with van der Waals surface area (Å²) >= 11 is 0. The van der Waals surface area contributed by atoms with Crippen LogP contribution >= 0.6 is 0 Å². The second-order valence-electron chi connectivity index (χ2n) is 6.99. The number of rotatable bonds is 4. The molecule has 0 radical (unpaired) electrons. The quantitative estimate of drug-likeness (QED) is 0.679. The summed E-state index contributed by atoms with van der Waals surface area (Å²) < 4.78 is 20.6. The van der Waals surface area contributed by atoms with Crippen LogP contribution in [0.5, 0.6) is 5.88 Å². The van der Waals surface area contributed by atoms with Crippen molar-refractivity contribution >= 4 is 5.91 Å². The number of piperazine rings is 1. The number of halogens is 1. The van der Waals surface area contributed by atoms with Crippen LogP contribution in [0.3, 0.4) is 0 Å². The van der Waals surface area contributed by atoms with E-state index in [-0.39, 0.29) is 11.7 Å². The summed E-state index contributed by atoms with van der Waals surface area (Å²) in [5.74, 6) is -0.00651. The van der Waals surface area contributed by atoms with E-state index in [9.17, 15) is 9.18 Å². The van der Waals surface area contributed by atoms with Crippen molar-refractivity contribution in [3.63, 3.8) is 0 Å². The first kappa shape index (κ1) is 19.1. The van der Waals surface area contributed by atoms with Gasteiger partial charge in [0.05, 0.1) is 24.7 Å². The number of carbonyl (C=O) groups excluding carboxylic acids is 1. The second kappa shape index (κ2) is 8.00. The Labute approximate surface area is 168 Å². The molecular weight excluding hydrogens is 373 g/mol. The molecule has 0 unspecified atom stereocenters. The van der Waals surface area contributed by atoms with Crippen LogP contribution in [-0.2, 0) is 0 Å². The van der Waals surface area contributed by atoms with E-state index in [1.165, 1.54) is 12.1 Å². The summed E-state index contributed by atoms with van der Waals surface area (Å²) in [7, 11) is 3.58. The molecule has 0 saturated carbocycles. The zero-order valence-corrected chi connectivity index (χ0v) is 16.4. The molecule has 2 aromatic heterocycles. The molecular formula is C21H22FN5O2. The molecule has 0 atom stereocenters. The Morgan fingerprint density at radius 1 is 1.10 bits per heavy atom. The van der Waals surface area contributed by atoms with E-state index in [2.05, 4.69) is 15.0 Å². The van der Waals surface area contributed by atoms with Crippen molar-refractivity contribution in [3.8, 4) is 22.8 Å². The van der Waals surface area contributed by atoms with Gasteiger partial charge in [-0.25, -0.2) is 14.1 Å². The maximum atomic E-state index is 13.8. The fraction of sp³-hybridized carbons (Fsp3) is 0.286. The molecule has 1 saturated heterocycles. The number of hydrogen-bond acceptors (Lipinski definition) is 5. The lowest BCUT2D eigenvalue weighted by atomic mass is 10.1. The molecule has 4 rings (SSSR count). The van der Waals surface area contributed by atoms with Crippen molar-refractivity contribution in [3.05, 3.63) is 60.2 Å². The summed E-state index contributed by atoms with van der Waals surface area (Å²) in [6.07, 6.45) is 1.61. The highest BCUT2D eigenvalue weighted by molar-refractivity contribution is 5.93. The molecule has 1 amide bonds. The van der Waals surface area contributed by atoms with Crippen LogP contribution in [0.2, 0.25) is 0 Å². The van der Waals surface area contributed by atoms with Crippen molar-refractivity contribution in [2.24, 2.45) is 0 Å². The molecule has 3 heterocycles. The molecule has 1 aliphatic heterocycles. The van der Waals surface area contributed by atoms with Gasteiger partial charge in [0.25, 0.3) is 5.91 Å². The van der Waals surface area contributed by atoms with Crippen LogP contribution in [0.1, 0.15) is 10.5 Å². The number of pyridine rings is 1. The van der Waals surface area contributed by atoms with Crippen molar-refractivity contribution in [1.82, 2.24) is 24.6 Å². The van der Waals surface area contributed by atoms with E-state index in [4.69, 9.17) is 4.74 Å². The Morgan fingerprint density at radius 2 is 1.90 bits per heavy atom. The average molecular weight is 395 g/mol. The van der Waals surface area contributed by atoms with Crippen LogP contribution in [0.15, 0.2) is 48.7 Å². The number of carbonyl (C=O) groups is 1. The van der Waals surface area contributed by atoms with E-state index < -0.39 is 0 Å². The molecule has 29 heavy (non-hydrogen) atoms. The van der Waals surface area contributed by atoms with Gasteiger partial charge in [0.15, 0.2) is 5.69 Å². The summed E-state index contributed by atoms with van der Waals surface area (Å²) in [5.41, 5.74) is 2.23. The maximum Gasteiger partial charge on any atom is 0.274 e. The number of ether oxygens (including phenoxy) is 1. The molecule has 0 spiro atoms. The lowest BCUT2D eigenvalue weighted by Gasteiger charge is -2.31. The first-order valence-electron chi connectivity index (χ1n) is 9.39. The van der Waals surface area contributed by atoms with Crippen LogP contribution in [-0.4, -0.2) is 70.8 Å². The smallest absolute Gasteiger partial charge is 0.274 e. The number of amides is 1. The molecule has 0 N–H and O–H groups in total. The minimum absolute atomic E-state index is 0.129. The predicted molar refractivity (Wildman–Crippen MR) is 107 cm³/mol. The maximum absolute atomic E-state index is 13.8. The third kappa shape index (κ3) is 3.97. The van der Waals surface area contributed by atoms with Gasteiger partial charge in [0.2, 0.25) is 5.88 Å². The molecule has 8 heteroatoms. The molecule has 1 aliphatic rings. The van der Waals surface area contributed by atoms with E-state index in [0.29, 0.717) is 41.6 Å².